The average Bonchev–Trinajstić information content (AvgIpc) is 3.42. The van der Waals surface area contributed by atoms with Gasteiger partial charge in [-0.25, -0.2) is 8.42 Å². The zero-order valence-corrected chi connectivity index (χ0v) is 15.1. The van der Waals surface area contributed by atoms with E-state index in [4.69, 9.17) is 0 Å². The van der Waals surface area contributed by atoms with E-state index in [9.17, 15) is 13.2 Å². The second-order valence-corrected chi connectivity index (χ2v) is 8.23. The predicted molar refractivity (Wildman–Crippen MR) is 98.1 cm³/mol. The SMILES string of the molecule is Cc1ccccc1NS(=O)(=O)c1ccc(C(=O)NC(C)C2CC2)cc1. The van der Waals surface area contributed by atoms with Crippen molar-refractivity contribution >= 4 is 21.6 Å². The first kappa shape index (κ1) is 17.5. The molecular formula is C19H22N2O3S. The van der Waals surface area contributed by atoms with Gasteiger partial charge in [0, 0.05) is 11.6 Å². The minimum atomic E-state index is -3.69. The molecule has 2 aromatic rings. The molecule has 5 nitrogen and oxygen atoms in total. The highest BCUT2D eigenvalue weighted by atomic mass is 32.2. The summed E-state index contributed by atoms with van der Waals surface area (Å²) >= 11 is 0. The zero-order valence-electron chi connectivity index (χ0n) is 14.3. The van der Waals surface area contributed by atoms with Crippen LogP contribution in [0.15, 0.2) is 53.4 Å². The van der Waals surface area contributed by atoms with E-state index in [0.29, 0.717) is 17.2 Å². The number of hydrogen-bond donors (Lipinski definition) is 2. The molecule has 1 atom stereocenters. The second kappa shape index (κ2) is 6.88. The number of nitrogens with one attached hydrogen (secondary N) is 2. The Bertz CT molecular complexity index is 872. The van der Waals surface area contributed by atoms with Crippen LogP contribution in [0.3, 0.4) is 0 Å². The summed E-state index contributed by atoms with van der Waals surface area (Å²) in [5.41, 5.74) is 1.85. The lowest BCUT2D eigenvalue weighted by Crippen LogP contribution is -2.33. The molecule has 1 aliphatic rings. The Labute approximate surface area is 148 Å². The Balaban J connectivity index is 1.72. The maximum Gasteiger partial charge on any atom is 0.261 e. The van der Waals surface area contributed by atoms with Gasteiger partial charge in [0.2, 0.25) is 0 Å². The minimum Gasteiger partial charge on any atom is -0.349 e. The summed E-state index contributed by atoms with van der Waals surface area (Å²) in [5, 5.41) is 2.96. The highest BCUT2D eigenvalue weighted by molar-refractivity contribution is 7.92. The van der Waals surface area contributed by atoms with E-state index < -0.39 is 10.0 Å². The fraction of sp³-hybridized carbons (Fsp3) is 0.316. The molecule has 25 heavy (non-hydrogen) atoms. The third kappa shape index (κ3) is 4.20. The average molecular weight is 358 g/mol. The standard InChI is InChI=1S/C19H22N2O3S/c1-13-5-3-4-6-18(13)21-25(23,24)17-11-9-16(10-12-17)19(22)20-14(2)15-7-8-15/h3-6,9-12,14-15,21H,7-8H2,1-2H3,(H,20,22). The Morgan fingerprint density at radius 1 is 1.08 bits per heavy atom. The summed E-state index contributed by atoms with van der Waals surface area (Å²) in [5.74, 6) is 0.400. The van der Waals surface area contributed by atoms with E-state index in [0.717, 1.165) is 18.4 Å². The molecule has 6 heteroatoms. The van der Waals surface area contributed by atoms with Crippen LogP contribution in [0.4, 0.5) is 5.69 Å². The van der Waals surface area contributed by atoms with Crippen LogP contribution in [-0.4, -0.2) is 20.4 Å². The van der Waals surface area contributed by atoms with Crippen molar-refractivity contribution in [2.45, 2.75) is 37.6 Å². The van der Waals surface area contributed by atoms with Crippen LogP contribution in [0.5, 0.6) is 0 Å². The molecule has 0 saturated heterocycles. The number of benzene rings is 2. The Morgan fingerprint density at radius 2 is 1.72 bits per heavy atom. The molecule has 2 N–H and O–H groups in total. The topological polar surface area (TPSA) is 75.3 Å². The van der Waals surface area contributed by atoms with Crippen molar-refractivity contribution in [3.8, 4) is 0 Å². The van der Waals surface area contributed by atoms with Gasteiger partial charge in [-0.3, -0.25) is 9.52 Å². The number of hydrogen-bond acceptors (Lipinski definition) is 3. The quantitative estimate of drug-likeness (QED) is 0.832. The molecular weight excluding hydrogens is 336 g/mol. The van der Waals surface area contributed by atoms with Gasteiger partial charge in [-0.1, -0.05) is 18.2 Å². The van der Waals surface area contributed by atoms with Crippen LogP contribution in [0.2, 0.25) is 0 Å². The molecule has 0 heterocycles. The third-order valence-electron chi connectivity index (χ3n) is 4.50. The summed E-state index contributed by atoms with van der Waals surface area (Å²) < 4.78 is 27.6. The van der Waals surface area contributed by atoms with Crippen molar-refractivity contribution in [3.63, 3.8) is 0 Å². The van der Waals surface area contributed by atoms with Gasteiger partial charge in [0.25, 0.3) is 15.9 Å². The second-order valence-electron chi connectivity index (χ2n) is 6.54. The first-order chi connectivity index (χ1) is 11.9. The Morgan fingerprint density at radius 3 is 2.32 bits per heavy atom. The van der Waals surface area contributed by atoms with Crippen LogP contribution < -0.4 is 10.0 Å². The van der Waals surface area contributed by atoms with E-state index in [1.165, 1.54) is 12.1 Å². The Hall–Kier alpha value is -2.34. The summed E-state index contributed by atoms with van der Waals surface area (Å²) in [7, 11) is -3.69. The lowest BCUT2D eigenvalue weighted by Gasteiger charge is -2.13. The van der Waals surface area contributed by atoms with Gasteiger partial charge in [0.05, 0.1) is 10.6 Å². The van der Waals surface area contributed by atoms with Crippen LogP contribution in [0.25, 0.3) is 0 Å². The van der Waals surface area contributed by atoms with Crippen molar-refractivity contribution in [1.82, 2.24) is 5.32 Å². The van der Waals surface area contributed by atoms with Crippen molar-refractivity contribution in [1.29, 1.82) is 0 Å². The summed E-state index contributed by atoms with van der Waals surface area (Å²) in [6, 6.07) is 13.3. The largest absolute Gasteiger partial charge is 0.349 e. The van der Waals surface area contributed by atoms with Gasteiger partial charge in [0.15, 0.2) is 0 Å². The lowest BCUT2D eigenvalue weighted by molar-refractivity contribution is 0.0935. The van der Waals surface area contributed by atoms with Crippen LogP contribution >= 0.6 is 0 Å². The monoisotopic (exact) mass is 358 g/mol. The summed E-state index contributed by atoms with van der Waals surface area (Å²) in [6.45, 7) is 3.84. The number of para-hydroxylation sites is 1. The van der Waals surface area contributed by atoms with Crippen LogP contribution in [0.1, 0.15) is 35.7 Å². The van der Waals surface area contributed by atoms with Gasteiger partial charge >= 0.3 is 0 Å². The molecule has 1 saturated carbocycles. The van der Waals surface area contributed by atoms with Crippen molar-refractivity contribution in [3.05, 3.63) is 59.7 Å². The maximum atomic E-state index is 12.5. The first-order valence-corrected chi connectivity index (χ1v) is 9.84. The molecule has 0 spiro atoms. The molecule has 0 radical (unpaired) electrons. The van der Waals surface area contributed by atoms with Gasteiger partial charge in [-0.2, -0.15) is 0 Å². The van der Waals surface area contributed by atoms with E-state index in [2.05, 4.69) is 10.0 Å². The number of sulfonamides is 1. The number of carbonyl (C=O) groups is 1. The fourth-order valence-electron chi connectivity index (χ4n) is 2.68. The molecule has 3 rings (SSSR count). The normalized spacial score (nSPS) is 15.4. The van der Waals surface area contributed by atoms with Crippen LogP contribution in [-0.2, 0) is 10.0 Å². The molecule has 0 bridgehead atoms. The molecule has 1 aliphatic carbocycles. The zero-order chi connectivity index (χ0) is 18.0. The van der Waals surface area contributed by atoms with E-state index >= 15 is 0 Å². The smallest absolute Gasteiger partial charge is 0.261 e. The van der Waals surface area contributed by atoms with Gasteiger partial charge in [-0.05, 0) is 68.5 Å². The van der Waals surface area contributed by atoms with Crippen LogP contribution in [0, 0.1) is 12.8 Å². The van der Waals surface area contributed by atoms with Gasteiger partial charge < -0.3 is 5.32 Å². The Kier molecular flexibility index (Phi) is 4.81. The lowest BCUT2D eigenvalue weighted by atomic mass is 10.1. The summed E-state index contributed by atoms with van der Waals surface area (Å²) in [6.07, 6.45) is 2.31. The van der Waals surface area contributed by atoms with Crippen molar-refractivity contribution in [2.75, 3.05) is 4.72 Å². The molecule has 1 unspecified atom stereocenters. The highest BCUT2D eigenvalue weighted by Crippen LogP contribution is 2.32. The molecule has 132 valence electrons. The molecule has 0 aliphatic heterocycles. The fourth-order valence-corrected chi connectivity index (χ4v) is 3.81. The van der Waals surface area contributed by atoms with E-state index in [-0.39, 0.29) is 16.8 Å². The van der Waals surface area contributed by atoms with E-state index in [1.807, 2.05) is 26.0 Å². The first-order valence-electron chi connectivity index (χ1n) is 8.36. The number of rotatable bonds is 6. The molecule has 1 fully saturated rings. The predicted octanol–water partition coefficient (Wildman–Crippen LogP) is 3.32. The molecule has 1 amide bonds. The highest BCUT2D eigenvalue weighted by Gasteiger charge is 2.29. The number of amides is 1. The van der Waals surface area contributed by atoms with Gasteiger partial charge in [0.1, 0.15) is 0 Å². The third-order valence-corrected chi connectivity index (χ3v) is 5.89. The minimum absolute atomic E-state index is 0.127. The molecule has 2 aromatic carbocycles. The number of anilines is 1. The molecule has 0 aromatic heterocycles. The number of carbonyl (C=O) groups excluding carboxylic acids is 1. The maximum absolute atomic E-state index is 12.5. The van der Waals surface area contributed by atoms with E-state index in [1.54, 1.807) is 24.3 Å². The van der Waals surface area contributed by atoms with Gasteiger partial charge in [-0.15, -0.1) is 0 Å². The number of aryl methyl sites for hydroxylation is 1. The van der Waals surface area contributed by atoms with Crippen molar-refractivity contribution in [2.24, 2.45) is 5.92 Å². The summed E-state index contributed by atoms with van der Waals surface area (Å²) in [4.78, 5) is 12.3. The van der Waals surface area contributed by atoms with Crippen molar-refractivity contribution < 1.29 is 13.2 Å².